The molecule has 2 aromatic rings. The van der Waals surface area contributed by atoms with Gasteiger partial charge in [0.05, 0.1) is 19.3 Å². The third kappa shape index (κ3) is 6.79. The minimum Gasteiger partial charge on any atom is -0.453 e. The molecule has 0 unspecified atom stereocenters. The first kappa shape index (κ1) is 32.2. The Kier molecular flexibility index (Phi) is 8.90. The van der Waals surface area contributed by atoms with Gasteiger partial charge in [0.2, 0.25) is 5.82 Å². The molecule has 1 aromatic heterocycles. The van der Waals surface area contributed by atoms with Gasteiger partial charge in [-0.1, -0.05) is 37.1 Å². The summed E-state index contributed by atoms with van der Waals surface area (Å²) in [4.78, 5) is 53.2. The molecule has 0 atom stereocenters. The van der Waals surface area contributed by atoms with Crippen LogP contribution in [-0.4, -0.2) is 85.2 Å². The number of amides is 1. The molecule has 5 aliphatic rings. The Morgan fingerprint density at radius 3 is 2.25 bits per heavy atom. The largest absolute Gasteiger partial charge is 0.453 e. The second-order valence-corrected chi connectivity index (χ2v) is 14.0. The molecule has 5 heterocycles. The van der Waals surface area contributed by atoms with Crippen molar-refractivity contribution in [1.29, 1.82) is 0 Å². The minimum atomic E-state index is -0.622. The molecule has 3 fully saturated rings. The van der Waals surface area contributed by atoms with Gasteiger partial charge in [-0.25, -0.2) is 19.3 Å². The summed E-state index contributed by atoms with van der Waals surface area (Å²) in [7, 11) is 0. The molecule has 13 heteroatoms. The van der Waals surface area contributed by atoms with Crippen molar-refractivity contribution in [3.8, 4) is 34.4 Å². The fraction of sp³-hybridized carbons (Fsp3) is 0.543. The van der Waals surface area contributed by atoms with Crippen molar-refractivity contribution in [2.24, 2.45) is 0 Å². The molecule has 0 spiro atoms. The zero-order valence-corrected chi connectivity index (χ0v) is 27.9. The Balaban J connectivity index is 1.18. The molecular weight excluding hydrogens is 614 g/mol. The van der Waals surface area contributed by atoms with Crippen molar-refractivity contribution in [2.75, 3.05) is 39.4 Å². The minimum absolute atomic E-state index is 0.00177. The molecule has 0 bridgehead atoms. The van der Waals surface area contributed by atoms with Crippen LogP contribution in [0.15, 0.2) is 50.4 Å². The smallest absolute Gasteiger partial charge is 0.410 e. The van der Waals surface area contributed by atoms with E-state index in [4.69, 9.17) is 19.0 Å². The van der Waals surface area contributed by atoms with E-state index in [0.29, 0.717) is 37.5 Å². The topological polar surface area (TPSA) is 138 Å². The number of ether oxygens (including phenoxy) is 2. The first-order valence-corrected chi connectivity index (χ1v) is 17.0. The molecular formula is C35H43N7O6. The molecule has 4 aliphatic heterocycles. The number of hydrogen-bond acceptors (Lipinski definition) is 10. The number of furan rings is 1. The zero-order chi connectivity index (χ0) is 33.4. The molecule has 13 nitrogen and oxygen atoms in total. The number of rotatable bonds is 6. The number of fused-ring (bicyclic) bond motifs is 1. The van der Waals surface area contributed by atoms with Crippen LogP contribution in [0.3, 0.4) is 0 Å². The summed E-state index contributed by atoms with van der Waals surface area (Å²) in [5.74, 6) is 1.57. The molecule has 1 aliphatic carbocycles. The fourth-order valence-electron chi connectivity index (χ4n) is 6.90. The van der Waals surface area contributed by atoms with Gasteiger partial charge in [-0.2, -0.15) is 4.98 Å². The molecule has 1 aromatic carbocycles. The number of hydrogen-bond donors (Lipinski definition) is 0. The Bertz CT molecular complexity index is 1840. The third-order valence-electron chi connectivity index (χ3n) is 9.40. The quantitative estimate of drug-likeness (QED) is 0.286. The van der Waals surface area contributed by atoms with Gasteiger partial charge >= 0.3 is 11.8 Å². The Morgan fingerprint density at radius 2 is 1.56 bits per heavy atom. The van der Waals surface area contributed by atoms with Crippen LogP contribution in [0, 0.1) is 0 Å². The summed E-state index contributed by atoms with van der Waals surface area (Å²) in [6.07, 6.45) is 4.26. The lowest BCUT2D eigenvalue weighted by atomic mass is 10.0. The number of carbonyl (C=O) groups is 1. The standard InChI is InChI=1S/C35H43N7O6/c1-35(2,3)48-34(45)40-16-14-25(15-17-40)41-32(43)29-31(37-33(41)44)42(26-6-4-5-7-26)38-30(36-29)28-13-12-27(47-28)24-10-8-23(9-11-24)22-39-18-20-46-21-19-39/h8-13,25-26H,4-7,14-22H2,1-3H3. The van der Waals surface area contributed by atoms with Gasteiger partial charge in [0.15, 0.2) is 17.3 Å². The van der Waals surface area contributed by atoms with E-state index in [1.165, 1.54) is 10.1 Å². The first-order valence-electron chi connectivity index (χ1n) is 17.0. The molecule has 7 rings (SSSR count). The summed E-state index contributed by atoms with van der Waals surface area (Å²) in [6, 6.07) is 11.6. The Labute approximate surface area is 278 Å². The first-order chi connectivity index (χ1) is 23.1. The summed E-state index contributed by atoms with van der Waals surface area (Å²) in [5.41, 5.74) is 0.507. The average Bonchev–Trinajstić information content (AvgIpc) is 3.79. The van der Waals surface area contributed by atoms with Gasteiger partial charge in [0, 0.05) is 44.3 Å². The maximum Gasteiger partial charge on any atom is 0.410 e. The maximum atomic E-state index is 14.1. The van der Waals surface area contributed by atoms with E-state index in [-0.39, 0.29) is 23.4 Å². The van der Waals surface area contributed by atoms with Crippen LogP contribution in [0.4, 0.5) is 4.79 Å². The summed E-state index contributed by atoms with van der Waals surface area (Å²) >= 11 is 0. The molecule has 2 saturated heterocycles. The second kappa shape index (κ2) is 13.3. The number of piperidine rings is 1. The Morgan fingerprint density at radius 1 is 0.875 bits per heavy atom. The van der Waals surface area contributed by atoms with E-state index >= 15 is 0 Å². The van der Waals surface area contributed by atoms with E-state index in [1.54, 1.807) is 9.58 Å². The van der Waals surface area contributed by atoms with Gasteiger partial charge in [-0.3, -0.25) is 14.3 Å². The van der Waals surface area contributed by atoms with Crippen molar-refractivity contribution >= 4 is 6.09 Å². The summed E-state index contributed by atoms with van der Waals surface area (Å²) in [5, 5.41) is 4.81. The maximum absolute atomic E-state index is 14.1. The lowest BCUT2D eigenvalue weighted by molar-refractivity contribution is 0.0186. The molecule has 0 N–H and O–H groups in total. The van der Waals surface area contributed by atoms with Crippen LogP contribution in [0.1, 0.15) is 76.9 Å². The lowest BCUT2D eigenvalue weighted by Crippen LogP contribution is -2.47. The van der Waals surface area contributed by atoms with E-state index in [0.717, 1.165) is 64.1 Å². The fourth-order valence-corrected chi connectivity index (χ4v) is 6.90. The average molecular weight is 658 g/mol. The zero-order valence-electron chi connectivity index (χ0n) is 27.9. The predicted molar refractivity (Wildman–Crippen MR) is 178 cm³/mol. The molecule has 48 heavy (non-hydrogen) atoms. The van der Waals surface area contributed by atoms with Gasteiger partial charge in [0.1, 0.15) is 11.4 Å². The predicted octanol–water partition coefficient (Wildman–Crippen LogP) is 4.75. The highest BCUT2D eigenvalue weighted by Crippen LogP contribution is 2.34. The normalized spacial score (nSPS) is 18.5. The van der Waals surface area contributed by atoms with Crippen molar-refractivity contribution in [3.05, 3.63) is 62.8 Å². The van der Waals surface area contributed by atoms with Gasteiger partial charge < -0.3 is 18.8 Å². The number of likely N-dealkylation sites (tertiary alicyclic amines) is 1. The monoisotopic (exact) mass is 657 g/mol. The SMILES string of the molecule is CC(C)(C)OC(=O)N1CCC(n2c(=O)nc3n(C4CCCC4)nc(-c4ccc(-c5ccc(CN6CCOCC6)cc5)o4)nc-3c2=O)CC1. The van der Waals surface area contributed by atoms with E-state index in [1.807, 2.05) is 45.0 Å². The Hall–Kier alpha value is -4.36. The van der Waals surface area contributed by atoms with Crippen molar-refractivity contribution < 1.29 is 18.7 Å². The van der Waals surface area contributed by atoms with Crippen LogP contribution in [0.5, 0.6) is 0 Å². The van der Waals surface area contributed by atoms with Crippen LogP contribution < -0.4 is 11.2 Å². The number of aromatic nitrogens is 5. The third-order valence-corrected chi connectivity index (χ3v) is 9.40. The highest BCUT2D eigenvalue weighted by molar-refractivity contribution is 5.68. The second-order valence-electron chi connectivity index (χ2n) is 14.0. The lowest BCUT2D eigenvalue weighted by Gasteiger charge is -2.33. The van der Waals surface area contributed by atoms with Gasteiger partial charge in [-0.15, -0.1) is 5.10 Å². The molecule has 1 amide bonds. The van der Waals surface area contributed by atoms with E-state index in [2.05, 4.69) is 27.0 Å². The van der Waals surface area contributed by atoms with E-state index in [9.17, 15) is 14.4 Å². The highest BCUT2D eigenvalue weighted by Gasteiger charge is 2.33. The van der Waals surface area contributed by atoms with Crippen LogP contribution in [-0.2, 0) is 16.0 Å². The number of nitrogens with zero attached hydrogens (tertiary/aromatic N) is 7. The van der Waals surface area contributed by atoms with Crippen LogP contribution in [0.2, 0.25) is 0 Å². The summed E-state index contributed by atoms with van der Waals surface area (Å²) < 4.78 is 20.2. The van der Waals surface area contributed by atoms with Gasteiger partial charge in [0.25, 0.3) is 5.56 Å². The number of morpholine rings is 1. The van der Waals surface area contributed by atoms with Gasteiger partial charge in [-0.05, 0) is 64.2 Å². The van der Waals surface area contributed by atoms with Crippen molar-refractivity contribution in [2.45, 2.75) is 83.5 Å². The highest BCUT2D eigenvalue weighted by atomic mass is 16.6. The number of benzene rings is 1. The number of carbonyl (C=O) groups excluding carboxylic acids is 1. The summed E-state index contributed by atoms with van der Waals surface area (Å²) in [6.45, 7) is 10.5. The van der Waals surface area contributed by atoms with Crippen LogP contribution in [0.25, 0.3) is 34.4 Å². The van der Waals surface area contributed by atoms with Crippen molar-refractivity contribution in [3.63, 3.8) is 0 Å². The van der Waals surface area contributed by atoms with E-state index < -0.39 is 29.0 Å². The van der Waals surface area contributed by atoms with Crippen molar-refractivity contribution in [1.82, 2.24) is 34.1 Å². The molecule has 254 valence electrons. The van der Waals surface area contributed by atoms with Crippen LogP contribution >= 0.6 is 0 Å². The molecule has 0 radical (unpaired) electrons. The molecule has 1 saturated carbocycles.